The van der Waals surface area contributed by atoms with Crippen molar-refractivity contribution in [2.24, 2.45) is 0 Å². The number of carbonyl (C=O) groups excluding carboxylic acids is 1. The predicted octanol–water partition coefficient (Wildman–Crippen LogP) is 4.25. The van der Waals surface area contributed by atoms with Gasteiger partial charge in [0.05, 0.1) is 71.6 Å². The van der Waals surface area contributed by atoms with Crippen LogP contribution in [0, 0.1) is 11.6 Å². The molecule has 1 amide bonds. The Kier molecular flexibility index (Phi) is 28.7. The summed E-state index contributed by atoms with van der Waals surface area (Å²) in [5.74, 6) is 0.0930. The molecule has 0 spiro atoms. The van der Waals surface area contributed by atoms with Gasteiger partial charge in [0.25, 0.3) is 0 Å². The van der Waals surface area contributed by atoms with E-state index in [1.165, 1.54) is 43.0 Å². The van der Waals surface area contributed by atoms with E-state index in [0.717, 1.165) is 63.7 Å². The van der Waals surface area contributed by atoms with Gasteiger partial charge in [-0.1, -0.05) is 12.1 Å². The number of carbonyl (C=O) groups is 1. The molecule has 0 unspecified atom stereocenters. The van der Waals surface area contributed by atoms with E-state index in [4.69, 9.17) is 93.4 Å². The van der Waals surface area contributed by atoms with Crippen LogP contribution in [0.3, 0.4) is 0 Å². The van der Waals surface area contributed by atoms with Crippen LogP contribution in [0.25, 0.3) is 22.1 Å². The van der Waals surface area contributed by atoms with Crippen molar-refractivity contribution in [2.45, 2.75) is 75.4 Å². The van der Waals surface area contributed by atoms with Crippen LogP contribution in [0.5, 0.6) is 11.5 Å². The van der Waals surface area contributed by atoms with E-state index in [9.17, 15) is 30.4 Å². The molecule has 8 aromatic rings. The molecule has 42 heteroatoms. The Morgan fingerprint density at radius 3 is 1.62 bits per heavy atom. The maximum Gasteiger partial charge on any atom is 0.410 e. The van der Waals surface area contributed by atoms with Gasteiger partial charge in [-0.05, 0) is 235 Å². The minimum atomic E-state index is -3.43. The predicted molar refractivity (Wildman–Crippen MR) is 406 cm³/mol. The maximum atomic E-state index is 14.8. The van der Waals surface area contributed by atoms with Crippen molar-refractivity contribution in [3.05, 3.63) is 137 Å². The average Bonchev–Trinajstić information content (AvgIpc) is 0.799. The summed E-state index contributed by atoms with van der Waals surface area (Å²) >= 11 is 5.68. The van der Waals surface area contributed by atoms with Crippen LogP contribution in [-0.4, -0.2) is 233 Å². The Morgan fingerprint density at radius 2 is 1.13 bits per heavy atom. The van der Waals surface area contributed by atoms with E-state index in [1.807, 2.05) is 51.1 Å². The number of rotatable bonds is 20. The van der Waals surface area contributed by atoms with Crippen LogP contribution in [0.1, 0.15) is 80.5 Å². The van der Waals surface area contributed by atoms with Crippen molar-refractivity contribution >= 4 is 207 Å². The third-order valence-electron chi connectivity index (χ3n) is 15.9. The number of nitrogens with one attached hydrogen (secondary N) is 4. The quantitative estimate of drug-likeness (QED) is 0.0405. The molecular formula is C57H65B15ClF2N14O8S2-. The van der Waals surface area contributed by atoms with Gasteiger partial charge in [-0.3, -0.25) is 27.0 Å². The second-order valence-corrected chi connectivity index (χ2v) is 29.3. The summed E-state index contributed by atoms with van der Waals surface area (Å²) < 4.78 is 92.8. The second-order valence-electron chi connectivity index (χ2n) is 24.7. The van der Waals surface area contributed by atoms with Crippen molar-refractivity contribution in [3.63, 3.8) is 0 Å². The van der Waals surface area contributed by atoms with Gasteiger partial charge < -0.3 is 53.8 Å². The lowest BCUT2D eigenvalue weighted by Gasteiger charge is -2.38. The number of halogens is 3. The van der Waals surface area contributed by atoms with E-state index in [0.29, 0.717) is 92.4 Å². The highest BCUT2D eigenvalue weighted by molar-refractivity contribution is 8.12. The van der Waals surface area contributed by atoms with Crippen LogP contribution in [-0.2, 0) is 35.9 Å². The van der Waals surface area contributed by atoms with E-state index >= 15 is 0 Å². The van der Waals surface area contributed by atoms with Gasteiger partial charge in [0.2, 0.25) is 11.2 Å². The number of benzene rings is 4. The molecule has 2 aliphatic heterocycles. The van der Waals surface area contributed by atoms with Gasteiger partial charge in [-0.2, -0.15) is 9.97 Å². The van der Waals surface area contributed by atoms with E-state index in [-0.39, 0.29) is 40.5 Å². The van der Waals surface area contributed by atoms with E-state index in [1.54, 1.807) is 43.4 Å². The summed E-state index contributed by atoms with van der Waals surface area (Å²) in [7, 11) is 42.2. The highest BCUT2D eigenvalue weighted by atomic mass is 35.5. The molecule has 0 bridgehead atoms. The zero-order valence-corrected chi connectivity index (χ0v) is 58.3. The first kappa shape index (κ1) is 79.1. The number of nitrogens with zero attached hydrogens (tertiary/aromatic N) is 9. The number of nitrogen functional groups attached to an aromatic ring is 1. The average molecular weight is 1370 g/mol. The summed E-state index contributed by atoms with van der Waals surface area (Å²) in [6.07, 6.45) is 10.2. The highest BCUT2D eigenvalue weighted by Gasteiger charge is 2.36. The van der Waals surface area contributed by atoms with Gasteiger partial charge in [0, 0.05) is 72.9 Å². The summed E-state index contributed by atoms with van der Waals surface area (Å²) in [5.41, 5.74) is 12.5. The summed E-state index contributed by atoms with van der Waals surface area (Å²) in [4.78, 5) is 46.4. The Hall–Kier alpha value is -7.23. The van der Waals surface area contributed by atoms with Gasteiger partial charge in [0.15, 0.2) is 42.9 Å². The van der Waals surface area contributed by atoms with Crippen molar-refractivity contribution < 1.29 is 44.6 Å². The van der Waals surface area contributed by atoms with Gasteiger partial charge in [-0.15, -0.1) is 0 Å². The fourth-order valence-electron chi connectivity index (χ4n) is 11.2. The van der Waals surface area contributed by atoms with Gasteiger partial charge in [0.1, 0.15) is 17.1 Å². The minimum Gasteiger partial charge on any atom is -0.690 e. The number of piperidine rings is 2. The van der Waals surface area contributed by atoms with E-state index in [2.05, 4.69) is 67.2 Å². The smallest absolute Gasteiger partial charge is 0.410 e. The normalized spacial score (nSPS) is 13.3. The number of likely N-dealkylation sites (tertiary alicyclic amines) is 1. The fourth-order valence-corrected chi connectivity index (χ4v) is 12.9. The molecule has 0 saturated carbocycles. The number of nitrogens with two attached hydrogens (primary N) is 1. The third-order valence-corrected chi connectivity index (χ3v) is 17.7. The van der Waals surface area contributed by atoms with Crippen LogP contribution < -0.4 is 36.5 Å². The molecular weight excluding hydrogens is 1310 g/mol. The first-order valence-corrected chi connectivity index (χ1v) is 35.7. The molecule has 2 saturated heterocycles. The Bertz CT molecular complexity index is 4300. The van der Waals surface area contributed by atoms with Crippen LogP contribution in [0.4, 0.5) is 53.9 Å². The summed E-state index contributed by atoms with van der Waals surface area (Å²) in [6.45, 7) is 9.07. The first-order chi connectivity index (χ1) is 46.8. The van der Waals surface area contributed by atoms with Crippen LogP contribution >= 0.6 is 11.6 Å². The van der Waals surface area contributed by atoms with E-state index < -0.39 is 75.2 Å². The molecule has 2 fully saturated rings. The van der Waals surface area contributed by atoms with Crippen LogP contribution in [0.2, 0.25) is 5.28 Å². The minimum absolute atomic E-state index is 0.120. The fraction of sp³-hybridized carbons (Fsp3) is 0.351. The topological polar surface area (TPSA) is 294 Å². The summed E-state index contributed by atoms with van der Waals surface area (Å²) in [6, 6.07) is 18.5. The molecule has 4 aromatic carbocycles. The van der Waals surface area contributed by atoms with Crippen molar-refractivity contribution in [1.82, 2.24) is 50.1 Å². The van der Waals surface area contributed by atoms with Crippen LogP contribution in [0.15, 0.2) is 97.8 Å². The Morgan fingerprint density at radius 1 is 0.667 bits per heavy atom. The molecule has 6 heterocycles. The molecule has 0 aliphatic carbocycles. The SMILES string of the molecule is COc1cc(C2CCN(C(=O)OC(C)(C)C)CC2)ccc1N.COc1cc(C2CCNCC2)ccc1Nc1ncc(F)c(Nc2ccc3nccnc3c2CS(C)(=O)=O)n1.CS(=O)(=O)Cc1c(Nc2nc(Cl)ncc2F)ccc2nccnc12.[B]B([B])B(B([B])[B])B(B([B])[B])B([B])[B][B-]. The number of fused-ring (bicyclic) bond motifs is 2. The van der Waals surface area contributed by atoms with Crippen molar-refractivity contribution in [1.29, 1.82) is 0 Å². The highest BCUT2D eigenvalue weighted by Crippen LogP contribution is 2.37. The molecule has 10 rings (SSSR count). The molecule has 22 nitrogen and oxygen atoms in total. The van der Waals surface area contributed by atoms with Crippen molar-refractivity contribution in [2.75, 3.05) is 74.6 Å². The number of amides is 1. The van der Waals surface area contributed by atoms with Gasteiger partial charge in [-0.25, -0.2) is 40.4 Å². The largest absolute Gasteiger partial charge is 0.690 e. The molecule has 490 valence electrons. The zero-order valence-electron chi connectivity index (χ0n) is 55.9. The molecule has 4 aromatic heterocycles. The van der Waals surface area contributed by atoms with Gasteiger partial charge >= 0.3 is 6.09 Å². The lowest BCUT2D eigenvalue weighted by Crippen LogP contribution is -2.73. The number of sulfone groups is 2. The Balaban J connectivity index is 0.000000197. The number of methoxy groups -OCH3 is 2. The first-order valence-electron chi connectivity index (χ1n) is 31.2. The second kappa shape index (κ2) is 35.9. The zero-order chi connectivity index (χ0) is 72.5. The summed E-state index contributed by atoms with van der Waals surface area (Å²) in [5, 5.41) is 12.0. The maximum absolute atomic E-state index is 14.8. The number of hydrogen-bond donors (Lipinski definition) is 5. The number of aromatic nitrogens is 8. The Labute approximate surface area is 596 Å². The lowest BCUT2D eigenvalue weighted by atomic mass is 8.46. The standard InChI is InChI=1S/C26H28FN7O3S.C17H26N2O3.C14H11ClFN5O2S.B15/c1-37-23-13-17(16-7-9-28-10-8-16)3-4-21(23)33-26-31-14-19(27)25(34-26)32-20-5-6-22-24(30-12-11-29-22)18(20)15-38(2,35)36;1-17(2,3)22-16(20)19-9-7-12(8-10-19)13-5-6-14(18)15(11-13)21-4;1-24(22,23)7-8-10(2-3-11-12(8)18-5-4-17-11)20-13-9(16)6-19-14(15)21-13;1-9-13(8)15(12(6)7)14(10(2)3)11(4)5/h3-6,11-14,16,28H,7-10,15H2,1-2H3,(H2,31,32,33,34);5-6,11-12H,7-10,18H2,1-4H3;2-6H,7H2,1H3,(H,19,20,21);/q;;;-1. The molecule has 2 aliphatic rings. The monoisotopic (exact) mass is 1380 g/mol. The lowest BCUT2D eigenvalue weighted by molar-refractivity contribution is 0.0204. The number of hydrogen-bond acceptors (Lipinski definition) is 21. The number of ether oxygens (including phenoxy) is 3. The third kappa shape index (κ3) is 23.2. The molecule has 6 N–H and O–H groups in total. The molecule has 99 heavy (non-hydrogen) atoms. The molecule has 0 atom stereocenters. The molecule has 18 radical (unpaired) electrons. The number of anilines is 7. The van der Waals surface area contributed by atoms with Crippen molar-refractivity contribution in [3.8, 4) is 11.5 Å².